The first-order chi connectivity index (χ1) is 9.41. The molecule has 104 valence electrons. The fourth-order valence-electron chi connectivity index (χ4n) is 2.12. The van der Waals surface area contributed by atoms with E-state index in [4.69, 9.17) is 5.11 Å². The van der Waals surface area contributed by atoms with Gasteiger partial charge in [-0.1, -0.05) is 12.1 Å². The monoisotopic (exact) mass is 273 g/mol. The summed E-state index contributed by atoms with van der Waals surface area (Å²) in [6.45, 7) is 3.54. The van der Waals surface area contributed by atoms with Crippen LogP contribution in [-0.4, -0.2) is 34.3 Å². The van der Waals surface area contributed by atoms with Crippen molar-refractivity contribution in [3.05, 3.63) is 46.5 Å². The maximum Gasteiger partial charge on any atom is 0.335 e. The zero-order chi connectivity index (χ0) is 14.9. The number of carbonyl (C=O) groups is 3. The van der Waals surface area contributed by atoms with Crippen LogP contribution in [0.4, 0.5) is 0 Å². The molecule has 1 N–H and O–H groups in total. The van der Waals surface area contributed by atoms with Gasteiger partial charge >= 0.3 is 5.97 Å². The molecule has 1 heterocycles. The highest BCUT2D eigenvalue weighted by atomic mass is 16.4. The van der Waals surface area contributed by atoms with E-state index in [2.05, 4.69) is 0 Å². The van der Waals surface area contributed by atoms with Crippen molar-refractivity contribution in [2.75, 3.05) is 6.54 Å². The molecule has 2 amide bonds. The fraction of sp³-hybridized carbons (Fsp3) is 0.267. The molecule has 0 saturated carbocycles. The maximum atomic E-state index is 11.9. The average Bonchev–Trinajstić information content (AvgIpc) is 2.62. The van der Waals surface area contributed by atoms with Crippen LogP contribution in [-0.2, 0) is 16.0 Å². The first kappa shape index (κ1) is 14.0. The molecule has 0 aromatic heterocycles. The number of carboxylic acid groups (broad SMARTS) is 1. The fourth-order valence-corrected chi connectivity index (χ4v) is 2.12. The Morgan fingerprint density at radius 1 is 1.15 bits per heavy atom. The van der Waals surface area contributed by atoms with Crippen molar-refractivity contribution >= 4 is 17.8 Å². The zero-order valence-corrected chi connectivity index (χ0v) is 11.3. The van der Waals surface area contributed by atoms with Crippen LogP contribution in [0.15, 0.2) is 35.4 Å². The first-order valence-electron chi connectivity index (χ1n) is 6.27. The van der Waals surface area contributed by atoms with Crippen molar-refractivity contribution in [2.24, 2.45) is 0 Å². The maximum absolute atomic E-state index is 11.9. The number of hydrogen-bond donors (Lipinski definition) is 1. The number of benzene rings is 1. The number of amides is 2. The van der Waals surface area contributed by atoms with E-state index in [1.165, 1.54) is 11.0 Å². The van der Waals surface area contributed by atoms with Gasteiger partial charge < -0.3 is 5.11 Å². The Morgan fingerprint density at radius 2 is 1.75 bits per heavy atom. The lowest BCUT2D eigenvalue weighted by molar-refractivity contribution is -0.137. The first-order valence-corrected chi connectivity index (χ1v) is 6.27. The summed E-state index contributed by atoms with van der Waals surface area (Å²) >= 11 is 0. The summed E-state index contributed by atoms with van der Waals surface area (Å²) in [4.78, 5) is 35.8. The van der Waals surface area contributed by atoms with Gasteiger partial charge in [0.25, 0.3) is 11.8 Å². The molecule has 0 radical (unpaired) electrons. The number of nitrogens with zero attached hydrogens (tertiary/aromatic N) is 1. The number of hydrogen-bond acceptors (Lipinski definition) is 3. The Labute approximate surface area is 116 Å². The Morgan fingerprint density at radius 3 is 2.30 bits per heavy atom. The third kappa shape index (κ3) is 2.47. The molecule has 0 saturated heterocycles. The molecular weight excluding hydrogens is 258 g/mol. The predicted molar refractivity (Wildman–Crippen MR) is 72.2 cm³/mol. The van der Waals surface area contributed by atoms with Gasteiger partial charge in [-0.2, -0.15) is 0 Å². The van der Waals surface area contributed by atoms with E-state index in [1.54, 1.807) is 32.0 Å². The third-order valence-corrected chi connectivity index (χ3v) is 3.49. The summed E-state index contributed by atoms with van der Waals surface area (Å²) in [6, 6.07) is 6.50. The molecule has 0 unspecified atom stereocenters. The summed E-state index contributed by atoms with van der Waals surface area (Å²) < 4.78 is 0. The molecule has 0 atom stereocenters. The molecule has 0 aliphatic carbocycles. The quantitative estimate of drug-likeness (QED) is 0.846. The smallest absolute Gasteiger partial charge is 0.335 e. The second-order valence-electron chi connectivity index (χ2n) is 4.77. The molecule has 5 heteroatoms. The number of aromatic carboxylic acids is 1. The Bertz CT molecular complexity index is 607. The lowest BCUT2D eigenvalue weighted by atomic mass is 10.1. The molecule has 0 bridgehead atoms. The SMILES string of the molecule is CC1=C(C)C(=O)N(CCc2cccc(C(=O)O)c2)C1=O. The standard InChI is InChI=1S/C15H15NO4/c1-9-10(2)14(18)16(13(9)17)7-6-11-4-3-5-12(8-11)15(19)20/h3-5,8H,6-7H2,1-2H3,(H,19,20). The summed E-state index contributed by atoms with van der Waals surface area (Å²) in [5.74, 6) is -1.52. The lowest BCUT2D eigenvalue weighted by Crippen LogP contribution is -2.33. The predicted octanol–water partition coefficient (Wildman–Crippen LogP) is 1.63. The van der Waals surface area contributed by atoms with Gasteiger partial charge in [-0.3, -0.25) is 14.5 Å². The molecular formula is C15H15NO4. The van der Waals surface area contributed by atoms with Gasteiger partial charge in [-0.15, -0.1) is 0 Å². The van der Waals surface area contributed by atoms with Crippen LogP contribution in [0.25, 0.3) is 0 Å². The third-order valence-electron chi connectivity index (χ3n) is 3.49. The van der Waals surface area contributed by atoms with Gasteiger partial charge in [0, 0.05) is 17.7 Å². The number of carboxylic acids is 1. The van der Waals surface area contributed by atoms with E-state index >= 15 is 0 Å². The van der Waals surface area contributed by atoms with Gasteiger partial charge in [-0.05, 0) is 38.0 Å². The average molecular weight is 273 g/mol. The lowest BCUT2D eigenvalue weighted by Gasteiger charge is -2.14. The second-order valence-corrected chi connectivity index (χ2v) is 4.77. The second kappa shape index (κ2) is 5.28. The van der Waals surface area contributed by atoms with E-state index in [0.717, 1.165) is 5.56 Å². The van der Waals surface area contributed by atoms with Crippen molar-refractivity contribution < 1.29 is 19.5 Å². The molecule has 1 aromatic carbocycles. The Balaban J connectivity index is 2.07. The summed E-state index contributed by atoms with van der Waals surface area (Å²) in [7, 11) is 0. The largest absolute Gasteiger partial charge is 0.478 e. The van der Waals surface area contributed by atoms with Gasteiger partial charge in [0.05, 0.1) is 5.56 Å². The van der Waals surface area contributed by atoms with Crippen LogP contribution in [0, 0.1) is 0 Å². The minimum atomic E-state index is -0.992. The summed E-state index contributed by atoms with van der Waals surface area (Å²) in [5, 5.41) is 8.92. The normalized spacial score (nSPS) is 15.2. The van der Waals surface area contributed by atoms with Crippen LogP contribution in [0.5, 0.6) is 0 Å². The van der Waals surface area contributed by atoms with Gasteiger partial charge in [-0.25, -0.2) is 4.79 Å². The van der Waals surface area contributed by atoms with Crippen molar-refractivity contribution in [3.63, 3.8) is 0 Å². The number of imide groups is 1. The highest BCUT2D eigenvalue weighted by molar-refractivity contribution is 6.18. The molecule has 0 fully saturated rings. The molecule has 1 aliphatic heterocycles. The van der Waals surface area contributed by atoms with E-state index in [0.29, 0.717) is 17.6 Å². The zero-order valence-electron chi connectivity index (χ0n) is 11.3. The van der Waals surface area contributed by atoms with Crippen LogP contribution >= 0.6 is 0 Å². The topological polar surface area (TPSA) is 74.7 Å². The Hall–Kier alpha value is -2.43. The van der Waals surface area contributed by atoms with E-state index < -0.39 is 5.97 Å². The van der Waals surface area contributed by atoms with E-state index in [-0.39, 0.29) is 23.9 Å². The minimum Gasteiger partial charge on any atom is -0.478 e. The molecule has 0 spiro atoms. The van der Waals surface area contributed by atoms with Crippen molar-refractivity contribution in [2.45, 2.75) is 20.3 Å². The van der Waals surface area contributed by atoms with E-state index in [1.807, 2.05) is 0 Å². The molecule has 5 nitrogen and oxygen atoms in total. The minimum absolute atomic E-state index is 0.201. The van der Waals surface area contributed by atoms with Crippen LogP contribution in [0.2, 0.25) is 0 Å². The van der Waals surface area contributed by atoms with Gasteiger partial charge in [0.1, 0.15) is 0 Å². The van der Waals surface area contributed by atoms with Crippen molar-refractivity contribution in [1.82, 2.24) is 4.90 Å². The summed E-state index contributed by atoms with van der Waals surface area (Å²) in [5.41, 5.74) is 1.95. The van der Waals surface area contributed by atoms with Crippen molar-refractivity contribution in [1.29, 1.82) is 0 Å². The highest BCUT2D eigenvalue weighted by Gasteiger charge is 2.32. The van der Waals surface area contributed by atoms with Crippen LogP contribution in [0.3, 0.4) is 0 Å². The van der Waals surface area contributed by atoms with Crippen LogP contribution < -0.4 is 0 Å². The molecule has 20 heavy (non-hydrogen) atoms. The van der Waals surface area contributed by atoms with E-state index in [9.17, 15) is 14.4 Å². The van der Waals surface area contributed by atoms with Gasteiger partial charge in [0.15, 0.2) is 0 Å². The van der Waals surface area contributed by atoms with Gasteiger partial charge in [0.2, 0.25) is 0 Å². The van der Waals surface area contributed by atoms with Crippen LogP contribution in [0.1, 0.15) is 29.8 Å². The molecule has 1 aromatic rings. The summed E-state index contributed by atoms with van der Waals surface area (Å²) in [6.07, 6.45) is 0.444. The van der Waals surface area contributed by atoms with Crippen molar-refractivity contribution in [3.8, 4) is 0 Å². The number of carbonyl (C=O) groups excluding carboxylic acids is 2. The Kier molecular flexibility index (Phi) is 3.70. The number of rotatable bonds is 4. The molecule has 2 rings (SSSR count). The molecule has 1 aliphatic rings. The highest BCUT2D eigenvalue weighted by Crippen LogP contribution is 2.20.